The van der Waals surface area contributed by atoms with Crippen molar-refractivity contribution >= 4 is 28.9 Å². The van der Waals surface area contributed by atoms with Gasteiger partial charge in [0.25, 0.3) is 0 Å². The fourth-order valence-corrected chi connectivity index (χ4v) is 3.94. The summed E-state index contributed by atoms with van der Waals surface area (Å²) in [5.74, 6) is 1.45. The van der Waals surface area contributed by atoms with E-state index in [2.05, 4.69) is 25.6 Å². The fraction of sp³-hybridized carbons (Fsp3) is 0.263. The van der Waals surface area contributed by atoms with Crippen molar-refractivity contribution in [3.8, 4) is 10.6 Å². The lowest BCUT2D eigenvalue weighted by molar-refractivity contribution is -0.119. The molecule has 3 N–H and O–H groups in total. The number of carbonyl (C=O) groups excluding carboxylic acids is 1. The lowest BCUT2D eigenvalue weighted by Crippen LogP contribution is -2.17. The van der Waals surface area contributed by atoms with Gasteiger partial charge in [0.2, 0.25) is 5.91 Å². The minimum absolute atomic E-state index is 0.0102. The largest absolute Gasteiger partial charge is 0.396 e. The first-order valence-electron chi connectivity index (χ1n) is 8.76. The first-order chi connectivity index (χ1) is 13.2. The zero-order chi connectivity index (χ0) is 18.6. The molecular formula is C19H19N5O2S. The molecule has 1 aliphatic heterocycles. The summed E-state index contributed by atoms with van der Waals surface area (Å²) in [7, 11) is 0. The Bertz CT molecular complexity index is 959. The van der Waals surface area contributed by atoms with Crippen molar-refractivity contribution in [1.29, 1.82) is 0 Å². The van der Waals surface area contributed by atoms with E-state index < -0.39 is 0 Å². The molecule has 1 saturated heterocycles. The van der Waals surface area contributed by atoms with Crippen molar-refractivity contribution in [2.75, 3.05) is 11.9 Å². The van der Waals surface area contributed by atoms with Crippen LogP contribution in [0.5, 0.6) is 0 Å². The second kappa shape index (κ2) is 7.81. The summed E-state index contributed by atoms with van der Waals surface area (Å²) in [5.41, 5.74) is 1.83. The highest BCUT2D eigenvalue weighted by Crippen LogP contribution is 2.32. The molecule has 0 unspecified atom stereocenters. The topological polar surface area (TPSA) is 100 Å². The second-order valence-electron chi connectivity index (χ2n) is 6.28. The highest BCUT2D eigenvalue weighted by Gasteiger charge is 2.25. The van der Waals surface area contributed by atoms with Gasteiger partial charge in [0.05, 0.1) is 16.6 Å². The molecule has 27 heavy (non-hydrogen) atoms. The molecule has 3 aromatic heterocycles. The van der Waals surface area contributed by atoms with Gasteiger partial charge in [-0.1, -0.05) is 6.07 Å². The van der Waals surface area contributed by atoms with Crippen molar-refractivity contribution in [1.82, 2.24) is 20.3 Å². The molecule has 1 aliphatic rings. The molecule has 0 radical (unpaired) electrons. The Kier molecular flexibility index (Phi) is 5.08. The van der Waals surface area contributed by atoms with E-state index in [1.54, 1.807) is 23.7 Å². The Balaban J connectivity index is 1.52. The number of amides is 1. The third-order valence-corrected chi connectivity index (χ3v) is 5.43. The van der Waals surface area contributed by atoms with Crippen LogP contribution in [0.25, 0.3) is 10.6 Å². The number of rotatable bonds is 6. The summed E-state index contributed by atoms with van der Waals surface area (Å²) >= 11 is 1.55. The molecule has 4 rings (SSSR count). The standard InChI is InChI=1S/C19H19N5O2S/c25-9-7-12-6-8-20-17(10-12)24-16-3-1-2-13(22-16)15-11-21-19(27-15)14-4-5-18(26)23-14/h1-3,6,8,10-11,14,25H,4-5,7,9H2,(H,23,26)(H,20,22,24)/t14-/m0/s1. The van der Waals surface area contributed by atoms with Gasteiger partial charge in [-0.2, -0.15) is 0 Å². The van der Waals surface area contributed by atoms with Crippen molar-refractivity contribution in [2.45, 2.75) is 25.3 Å². The van der Waals surface area contributed by atoms with E-state index in [9.17, 15) is 4.79 Å². The average Bonchev–Trinajstić information content (AvgIpc) is 3.32. The molecule has 3 aromatic rings. The molecule has 0 spiro atoms. The van der Waals surface area contributed by atoms with E-state index in [1.165, 1.54) is 0 Å². The maximum atomic E-state index is 11.4. The maximum Gasteiger partial charge on any atom is 0.220 e. The summed E-state index contributed by atoms with van der Waals surface area (Å²) in [4.78, 5) is 25.8. The van der Waals surface area contributed by atoms with E-state index in [4.69, 9.17) is 5.11 Å². The first-order valence-corrected chi connectivity index (χ1v) is 9.58. The number of anilines is 2. The van der Waals surface area contributed by atoms with Crippen LogP contribution in [0.3, 0.4) is 0 Å². The fourth-order valence-electron chi connectivity index (χ4n) is 2.97. The van der Waals surface area contributed by atoms with Crippen molar-refractivity contribution < 1.29 is 9.90 Å². The predicted octanol–water partition coefficient (Wildman–Crippen LogP) is 2.83. The number of hydrogen-bond acceptors (Lipinski definition) is 7. The molecule has 8 heteroatoms. The zero-order valence-electron chi connectivity index (χ0n) is 14.6. The number of aliphatic hydroxyl groups is 1. The number of carbonyl (C=O) groups is 1. The Morgan fingerprint density at radius 1 is 1.26 bits per heavy atom. The molecule has 138 valence electrons. The lowest BCUT2D eigenvalue weighted by atomic mass is 10.2. The van der Waals surface area contributed by atoms with Crippen LogP contribution in [0, 0.1) is 0 Å². The summed E-state index contributed by atoms with van der Waals surface area (Å²) in [6, 6.07) is 9.54. The van der Waals surface area contributed by atoms with Crippen LogP contribution in [0.2, 0.25) is 0 Å². The van der Waals surface area contributed by atoms with Crippen LogP contribution in [0.1, 0.15) is 29.5 Å². The minimum atomic E-state index is 0.0102. The maximum absolute atomic E-state index is 11.4. The summed E-state index contributed by atoms with van der Waals surface area (Å²) in [5, 5.41) is 16.1. The normalized spacial score (nSPS) is 16.3. The van der Waals surface area contributed by atoms with E-state index >= 15 is 0 Å². The van der Waals surface area contributed by atoms with E-state index in [0.717, 1.165) is 27.6 Å². The van der Waals surface area contributed by atoms with Gasteiger partial charge in [-0.05, 0) is 42.7 Å². The summed E-state index contributed by atoms with van der Waals surface area (Å²) in [6.07, 6.45) is 5.45. The number of hydrogen-bond donors (Lipinski definition) is 3. The number of nitrogens with one attached hydrogen (secondary N) is 2. The first kappa shape index (κ1) is 17.6. The van der Waals surface area contributed by atoms with E-state index in [-0.39, 0.29) is 18.6 Å². The number of nitrogens with zero attached hydrogens (tertiary/aromatic N) is 3. The van der Waals surface area contributed by atoms with Crippen LogP contribution in [-0.4, -0.2) is 32.6 Å². The summed E-state index contributed by atoms with van der Waals surface area (Å²) in [6.45, 7) is 0.104. The van der Waals surface area contributed by atoms with Gasteiger partial charge in [0.1, 0.15) is 16.6 Å². The highest BCUT2D eigenvalue weighted by molar-refractivity contribution is 7.15. The molecule has 0 bridgehead atoms. The molecular weight excluding hydrogens is 362 g/mol. The Labute approximate surface area is 160 Å². The number of pyridine rings is 2. The predicted molar refractivity (Wildman–Crippen MR) is 104 cm³/mol. The van der Waals surface area contributed by atoms with Crippen molar-refractivity contribution in [2.24, 2.45) is 0 Å². The Hall–Kier alpha value is -2.84. The molecule has 7 nitrogen and oxygen atoms in total. The van der Waals surface area contributed by atoms with Gasteiger partial charge in [0.15, 0.2) is 0 Å². The van der Waals surface area contributed by atoms with Gasteiger partial charge < -0.3 is 15.7 Å². The average molecular weight is 381 g/mol. The van der Waals surface area contributed by atoms with Crippen molar-refractivity contribution in [3.05, 3.63) is 53.3 Å². The van der Waals surface area contributed by atoms with Crippen LogP contribution >= 0.6 is 11.3 Å². The third kappa shape index (κ3) is 4.12. The monoisotopic (exact) mass is 381 g/mol. The minimum Gasteiger partial charge on any atom is -0.396 e. The molecule has 1 fully saturated rings. The quantitative estimate of drug-likeness (QED) is 0.607. The van der Waals surface area contributed by atoms with Crippen LogP contribution in [0.4, 0.5) is 11.6 Å². The van der Waals surface area contributed by atoms with Gasteiger partial charge in [-0.15, -0.1) is 11.3 Å². The van der Waals surface area contributed by atoms with Crippen LogP contribution in [0.15, 0.2) is 42.7 Å². The van der Waals surface area contributed by atoms with Crippen molar-refractivity contribution in [3.63, 3.8) is 0 Å². The molecule has 0 aromatic carbocycles. The zero-order valence-corrected chi connectivity index (χ0v) is 15.4. The molecule has 0 saturated carbocycles. The van der Waals surface area contributed by atoms with Gasteiger partial charge in [0, 0.05) is 25.4 Å². The molecule has 0 aliphatic carbocycles. The molecule has 1 atom stereocenters. The van der Waals surface area contributed by atoms with Gasteiger partial charge in [-0.25, -0.2) is 15.0 Å². The number of thiazole rings is 1. The van der Waals surface area contributed by atoms with E-state index in [0.29, 0.717) is 24.5 Å². The van der Waals surface area contributed by atoms with E-state index in [1.807, 2.05) is 30.3 Å². The molecule has 4 heterocycles. The van der Waals surface area contributed by atoms with Gasteiger partial charge in [-0.3, -0.25) is 4.79 Å². The third-order valence-electron chi connectivity index (χ3n) is 4.30. The van der Waals surface area contributed by atoms with Gasteiger partial charge >= 0.3 is 0 Å². The molecule has 1 amide bonds. The van der Waals surface area contributed by atoms with Crippen LogP contribution in [-0.2, 0) is 11.2 Å². The second-order valence-corrected chi connectivity index (χ2v) is 7.34. The highest BCUT2D eigenvalue weighted by atomic mass is 32.1. The SMILES string of the molecule is O=C1CC[C@@H](c2ncc(-c3cccc(Nc4cc(CCO)ccn4)n3)s2)N1. The number of aliphatic hydroxyl groups excluding tert-OH is 1. The smallest absolute Gasteiger partial charge is 0.220 e. The lowest BCUT2D eigenvalue weighted by Gasteiger charge is -2.07. The Morgan fingerprint density at radius 2 is 2.19 bits per heavy atom. The van der Waals surface area contributed by atoms with Crippen LogP contribution < -0.4 is 10.6 Å². The Morgan fingerprint density at radius 3 is 3.00 bits per heavy atom. The summed E-state index contributed by atoms with van der Waals surface area (Å²) < 4.78 is 0. The number of aromatic nitrogens is 3.